The van der Waals surface area contributed by atoms with Gasteiger partial charge < -0.3 is 15.8 Å². The second-order valence-corrected chi connectivity index (χ2v) is 4.72. The molecule has 0 saturated carbocycles. The molecule has 5 nitrogen and oxygen atoms in total. The molecular weight excluding hydrogens is 280 g/mol. The number of hydrogen-bond donors (Lipinski definition) is 2. The van der Waals surface area contributed by atoms with Gasteiger partial charge in [-0.1, -0.05) is 18.2 Å². The molecular formula is C17H18N2O3. The summed E-state index contributed by atoms with van der Waals surface area (Å²) in [5.74, 6) is -0.576. The van der Waals surface area contributed by atoms with Crippen molar-refractivity contribution in [1.29, 1.82) is 0 Å². The van der Waals surface area contributed by atoms with E-state index in [0.29, 0.717) is 29.1 Å². The molecule has 22 heavy (non-hydrogen) atoms. The van der Waals surface area contributed by atoms with Gasteiger partial charge in [0.1, 0.15) is 0 Å². The Kier molecular flexibility index (Phi) is 5.14. The van der Waals surface area contributed by atoms with Crippen LogP contribution in [0.5, 0.6) is 0 Å². The lowest BCUT2D eigenvalue weighted by Gasteiger charge is -2.11. The minimum absolute atomic E-state index is 0.117. The third kappa shape index (κ3) is 4.09. The third-order valence-electron chi connectivity index (χ3n) is 3.08. The molecule has 2 aromatic rings. The van der Waals surface area contributed by atoms with Crippen molar-refractivity contribution in [3.8, 4) is 0 Å². The summed E-state index contributed by atoms with van der Waals surface area (Å²) in [4.78, 5) is 23.8. The van der Waals surface area contributed by atoms with Crippen molar-refractivity contribution < 1.29 is 14.3 Å². The van der Waals surface area contributed by atoms with Crippen LogP contribution in [-0.4, -0.2) is 18.5 Å². The molecule has 0 aromatic heterocycles. The number of amides is 1. The van der Waals surface area contributed by atoms with Crippen LogP contribution in [0.25, 0.3) is 0 Å². The van der Waals surface area contributed by atoms with Crippen LogP contribution in [0.2, 0.25) is 0 Å². The number of ether oxygens (including phenoxy) is 1. The van der Waals surface area contributed by atoms with Gasteiger partial charge in [-0.25, -0.2) is 0 Å². The van der Waals surface area contributed by atoms with Crippen LogP contribution < -0.4 is 11.1 Å². The number of carbonyl (C=O) groups is 2. The molecule has 0 radical (unpaired) electrons. The first-order valence-corrected chi connectivity index (χ1v) is 7.00. The normalized spacial score (nSPS) is 10.0. The van der Waals surface area contributed by atoms with Crippen molar-refractivity contribution in [2.45, 2.75) is 13.3 Å². The Morgan fingerprint density at radius 2 is 1.77 bits per heavy atom. The first kappa shape index (κ1) is 15.6. The molecule has 0 bridgehead atoms. The van der Waals surface area contributed by atoms with Crippen LogP contribution in [0.3, 0.4) is 0 Å². The predicted molar refractivity (Wildman–Crippen MR) is 85.6 cm³/mol. The van der Waals surface area contributed by atoms with Crippen molar-refractivity contribution >= 4 is 23.3 Å². The van der Waals surface area contributed by atoms with Crippen molar-refractivity contribution in [3.63, 3.8) is 0 Å². The zero-order chi connectivity index (χ0) is 15.9. The molecule has 2 aromatic carbocycles. The highest BCUT2D eigenvalue weighted by Crippen LogP contribution is 2.17. The van der Waals surface area contributed by atoms with E-state index < -0.39 is 0 Å². The Morgan fingerprint density at radius 1 is 1.09 bits per heavy atom. The summed E-state index contributed by atoms with van der Waals surface area (Å²) >= 11 is 0. The van der Waals surface area contributed by atoms with Gasteiger partial charge in [0.15, 0.2) is 0 Å². The van der Waals surface area contributed by atoms with Gasteiger partial charge in [-0.15, -0.1) is 0 Å². The number of hydrogen-bond acceptors (Lipinski definition) is 4. The number of anilines is 2. The average Bonchev–Trinajstić information content (AvgIpc) is 2.50. The number of esters is 1. The van der Waals surface area contributed by atoms with Crippen molar-refractivity contribution in [1.82, 2.24) is 0 Å². The Morgan fingerprint density at radius 3 is 2.45 bits per heavy atom. The van der Waals surface area contributed by atoms with Gasteiger partial charge in [-0.05, 0) is 42.8 Å². The number of benzene rings is 2. The van der Waals surface area contributed by atoms with Crippen LogP contribution in [0, 0.1) is 0 Å². The second kappa shape index (κ2) is 7.26. The Labute approximate surface area is 129 Å². The summed E-state index contributed by atoms with van der Waals surface area (Å²) in [7, 11) is 0. The van der Waals surface area contributed by atoms with Crippen LogP contribution >= 0.6 is 0 Å². The maximum Gasteiger partial charge on any atom is 0.310 e. The zero-order valence-corrected chi connectivity index (χ0v) is 12.3. The van der Waals surface area contributed by atoms with Crippen LogP contribution in [-0.2, 0) is 16.0 Å². The fourth-order valence-corrected chi connectivity index (χ4v) is 1.99. The van der Waals surface area contributed by atoms with E-state index in [-0.39, 0.29) is 18.3 Å². The number of nitrogen functional groups attached to an aromatic ring is 1. The molecule has 0 unspecified atom stereocenters. The highest BCUT2D eigenvalue weighted by Gasteiger charge is 2.11. The van der Waals surface area contributed by atoms with Crippen molar-refractivity contribution in [3.05, 3.63) is 59.7 Å². The van der Waals surface area contributed by atoms with Crippen LogP contribution in [0.4, 0.5) is 11.4 Å². The van der Waals surface area contributed by atoms with Crippen LogP contribution in [0.1, 0.15) is 22.8 Å². The molecule has 0 spiro atoms. The zero-order valence-electron chi connectivity index (χ0n) is 12.3. The monoisotopic (exact) mass is 298 g/mol. The topological polar surface area (TPSA) is 81.4 Å². The molecule has 0 aliphatic rings. The van der Waals surface area contributed by atoms with Gasteiger partial charge in [0.25, 0.3) is 5.91 Å². The number of carbonyl (C=O) groups excluding carboxylic acids is 2. The smallest absolute Gasteiger partial charge is 0.310 e. The quantitative estimate of drug-likeness (QED) is 0.656. The molecule has 0 saturated heterocycles. The van der Waals surface area contributed by atoms with Gasteiger partial charge in [-0.2, -0.15) is 0 Å². The van der Waals surface area contributed by atoms with E-state index in [9.17, 15) is 9.59 Å². The Balaban J connectivity index is 2.13. The number of nitrogens with two attached hydrogens (primary N) is 1. The summed E-state index contributed by atoms with van der Waals surface area (Å²) < 4.78 is 4.94. The highest BCUT2D eigenvalue weighted by molar-refractivity contribution is 6.05. The van der Waals surface area contributed by atoms with Crippen LogP contribution in [0.15, 0.2) is 48.5 Å². The second-order valence-electron chi connectivity index (χ2n) is 4.72. The minimum Gasteiger partial charge on any atom is -0.466 e. The number of rotatable bonds is 5. The summed E-state index contributed by atoms with van der Waals surface area (Å²) in [6.45, 7) is 2.09. The standard InChI is InChI=1S/C17H18N2O3/c1-2-22-16(20)11-13-5-3-4-6-15(13)19-17(21)12-7-9-14(18)10-8-12/h3-10H,2,11,18H2,1H3,(H,19,21). The average molecular weight is 298 g/mol. The molecule has 114 valence electrons. The molecule has 1 amide bonds. The lowest BCUT2D eigenvalue weighted by molar-refractivity contribution is -0.142. The molecule has 2 rings (SSSR count). The Bertz CT molecular complexity index is 666. The van der Waals surface area contributed by atoms with Gasteiger partial charge in [0, 0.05) is 16.9 Å². The summed E-state index contributed by atoms with van der Waals surface area (Å²) in [6.07, 6.45) is 0.117. The fraction of sp³-hybridized carbons (Fsp3) is 0.176. The Hall–Kier alpha value is -2.82. The van der Waals surface area contributed by atoms with E-state index in [0.717, 1.165) is 0 Å². The molecule has 3 N–H and O–H groups in total. The van der Waals surface area contributed by atoms with Crippen molar-refractivity contribution in [2.75, 3.05) is 17.7 Å². The summed E-state index contributed by atoms with van der Waals surface area (Å²) in [5, 5.41) is 2.81. The number of nitrogens with one attached hydrogen (secondary N) is 1. The predicted octanol–water partition coefficient (Wildman–Crippen LogP) is 2.63. The molecule has 0 aliphatic heterocycles. The lowest BCUT2D eigenvalue weighted by Crippen LogP contribution is -2.15. The molecule has 0 fully saturated rings. The molecule has 0 heterocycles. The SMILES string of the molecule is CCOC(=O)Cc1ccccc1NC(=O)c1ccc(N)cc1. The van der Waals surface area contributed by atoms with E-state index in [1.807, 2.05) is 6.07 Å². The first-order valence-electron chi connectivity index (χ1n) is 7.00. The van der Waals surface area contributed by atoms with Crippen molar-refractivity contribution in [2.24, 2.45) is 0 Å². The number of para-hydroxylation sites is 1. The van der Waals surface area contributed by atoms with E-state index in [2.05, 4.69) is 5.32 Å². The van der Waals surface area contributed by atoms with E-state index >= 15 is 0 Å². The largest absolute Gasteiger partial charge is 0.466 e. The summed E-state index contributed by atoms with van der Waals surface area (Å²) in [6, 6.07) is 13.8. The van der Waals surface area contributed by atoms with E-state index in [1.54, 1.807) is 49.4 Å². The van der Waals surface area contributed by atoms with Gasteiger partial charge >= 0.3 is 5.97 Å². The summed E-state index contributed by atoms with van der Waals surface area (Å²) in [5.41, 5.74) is 8.01. The fourth-order valence-electron chi connectivity index (χ4n) is 1.99. The highest BCUT2D eigenvalue weighted by atomic mass is 16.5. The molecule has 0 atom stereocenters. The van der Waals surface area contributed by atoms with E-state index in [4.69, 9.17) is 10.5 Å². The minimum atomic E-state index is -0.323. The molecule has 5 heteroatoms. The van der Waals surface area contributed by atoms with Gasteiger partial charge in [0.2, 0.25) is 0 Å². The lowest BCUT2D eigenvalue weighted by atomic mass is 10.1. The maximum atomic E-state index is 12.2. The first-order chi connectivity index (χ1) is 10.6. The third-order valence-corrected chi connectivity index (χ3v) is 3.08. The van der Waals surface area contributed by atoms with Gasteiger partial charge in [0.05, 0.1) is 13.0 Å². The van der Waals surface area contributed by atoms with E-state index in [1.165, 1.54) is 0 Å². The maximum absolute atomic E-state index is 12.2. The molecule has 0 aliphatic carbocycles. The van der Waals surface area contributed by atoms with Gasteiger partial charge in [-0.3, -0.25) is 9.59 Å².